The Morgan fingerprint density at radius 1 is 1.05 bits per heavy atom. The van der Waals surface area contributed by atoms with Crippen LogP contribution in [0.4, 0.5) is 20.6 Å². The minimum Gasteiger partial charge on any atom is -0.491 e. The van der Waals surface area contributed by atoms with Gasteiger partial charge in [-0.25, -0.2) is 14.0 Å². The number of aromatic carboxylic acids is 1. The summed E-state index contributed by atoms with van der Waals surface area (Å²) in [5.74, 6) is -0.886. The maximum absolute atomic E-state index is 14.2. The fourth-order valence-electron chi connectivity index (χ4n) is 4.09. The summed E-state index contributed by atoms with van der Waals surface area (Å²) in [4.78, 5) is 37.8. The molecule has 3 aromatic carbocycles. The molecular formula is C27H24BrClFN3O5. The number of carboxylic acid groups (broad SMARTS) is 1. The average Bonchev–Trinajstić information content (AvgIpc) is 3.26. The molecule has 198 valence electrons. The molecule has 3 amide bonds. The summed E-state index contributed by atoms with van der Waals surface area (Å²) in [6, 6.07) is 17.0. The van der Waals surface area contributed by atoms with E-state index in [9.17, 15) is 18.8 Å². The van der Waals surface area contributed by atoms with E-state index in [1.54, 1.807) is 36.4 Å². The lowest BCUT2D eigenvalue weighted by Gasteiger charge is -2.24. The van der Waals surface area contributed by atoms with E-state index in [0.717, 1.165) is 4.47 Å². The number of urea groups is 1. The molecule has 11 heteroatoms. The molecule has 1 saturated heterocycles. The molecule has 0 aliphatic carbocycles. The second kappa shape index (κ2) is 12.3. The predicted octanol–water partition coefficient (Wildman–Crippen LogP) is 6.01. The number of ether oxygens (including phenoxy) is 1. The zero-order valence-electron chi connectivity index (χ0n) is 20.0. The lowest BCUT2D eigenvalue weighted by molar-refractivity contribution is -0.132. The monoisotopic (exact) mass is 603 g/mol. The van der Waals surface area contributed by atoms with Crippen LogP contribution in [0, 0.1) is 0 Å². The van der Waals surface area contributed by atoms with E-state index in [1.165, 1.54) is 29.2 Å². The Balaban J connectivity index is 1.34. The van der Waals surface area contributed by atoms with Gasteiger partial charge >= 0.3 is 12.0 Å². The van der Waals surface area contributed by atoms with Crippen LogP contribution in [0.15, 0.2) is 71.2 Å². The fraction of sp³-hybridized carbons (Fsp3) is 0.222. The number of benzene rings is 3. The van der Waals surface area contributed by atoms with Gasteiger partial charge in [-0.1, -0.05) is 29.8 Å². The number of hydrogen-bond acceptors (Lipinski definition) is 4. The quantitative estimate of drug-likeness (QED) is 0.292. The smallest absolute Gasteiger partial charge is 0.335 e. The number of amides is 3. The van der Waals surface area contributed by atoms with Crippen molar-refractivity contribution in [3.63, 3.8) is 0 Å². The van der Waals surface area contributed by atoms with Gasteiger partial charge in [0.2, 0.25) is 5.91 Å². The number of rotatable bonds is 8. The zero-order valence-corrected chi connectivity index (χ0v) is 22.3. The Kier molecular flexibility index (Phi) is 8.85. The maximum atomic E-state index is 14.2. The van der Waals surface area contributed by atoms with Crippen LogP contribution in [-0.4, -0.2) is 53.3 Å². The van der Waals surface area contributed by atoms with Crippen LogP contribution in [0.2, 0.25) is 5.02 Å². The van der Waals surface area contributed by atoms with Crippen molar-refractivity contribution in [2.45, 2.75) is 25.1 Å². The first-order chi connectivity index (χ1) is 18.2. The summed E-state index contributed by atoms with van der Waals surface area (Å²) < 4.78 is 20.7. The number of anilines is 2. The molecule has 3 N–H and O–H groups in total. The fourth-order valence-corrected chi connectivity index (χ4v) is 4.73. The topological polar surface area (TPSA) is 108 Å². The number of carbonyl (C=O) groups is 3. The van der Waals surface area contributed by atoms with Crippen molar-refractivity contribution in [3.05, 3.63) is 87.4 Å². The molecule has 0 radical (unpaired) electrons. The van der Waals surface area contributed by atoms with Gasteiger partial charge in [0.25, 0.3) is 0 Å². The molecule has 8 nitrogen and oxygen atoms in total. The number of nitrogens with zero attached hydrogens (tertiary/aromatic N) is 1. The van der Waals surface area contributed by atoms with Crippen LogP contribution in [-0.2, 0) is 11.2 Å². The van der Waals surface area contributed by atoms with Crippen molar-refractivity contribution < 1.29 is 28.6 Å². The van der Waals surface area contributed by atoms with E-state index in [2.05, 4.69) is 26.6 Å². The first-order valence-corrected chi connectivity index (χ1v) is 12.9. The lowest BCUT2D eigenvalue weighted by Crippen LogP contribution is -2.40. The molecule has 4 rings (SSSR count). The first kappa shape index (κ1) is 27.4. The number of likely N-dealkylation sites (tertiary alicyclic amines) is 1. The van der Waals surface area contributed by atoms with Crippen molar-refractivity contribution in [3.8, 4) is 5.75 Å². The summed E-state index contributed by atoms with van der Waals surface area (Å²) in [5, 5.41) is 14.7. The van der Waals surface area contributed by atoms with E-state index in [-0.39, 0.29) is 42.5 Å². The minimum atomic E-state index is -1.17. The third-order valence-electron chi connectivity index (χ3n) is 5.99. The van der Waals surface area contributed by atoms with Crippen molar-refractivity contribution in [1.29, 1.82) is 0 Å². The molecule has 0 bridgehead atoms. The van der Waals surface area contributed by atoms with Crippen molar-refractivity contribution in [2.75, 3.05) is 23.8 Å². The van der Waals surface area contributed by atoms with Gasteiger partial charge in [-0.3, -0.25) is 4.79 Å². The largest absolute Gasteiger partial charge is 0.491 e. The molecule has 0 spiro atoms. The summed E-state index contributed by atoms with van der Waals surface area (Å²) in [5.41, 5.74) is 1.71. The highest BCUT2D eigenvalue weighted by molar-refractivity contribution is 9.10. The molecule has 1 aliphatic rings. The van der Waals surface area contributed by atoms with E-state index < -0.39 is 24.2 Å². The van der Waals surface area contributed by atoms with Gasteiger partial charge in [-0.05, 0) is 70.0 Å². The van der Waals surface area contributed by atoms with Crippen molar-refractivity contribution in [1.82, 2.24) is 4.90 Å². The van der Waals surface area contributed by atoms with Gasteiger partial charge < -0.3 is 25.4 Å². The first-order valence-electron chi connectivity index (χ1n) is 11.7. The molecule has 1 heterocycles. The van der Waals surface area contributed by atoms with Gasteiger partial charge in [0.1, 0.15) is 18.5 Å². The SMILES string of the molecule is O=C(Nc1ccc(CC(=O)N2C[C@@H](F)C[C@H]2COc2ccc(C(=O)O)cc2)cc1Cl)Nc1ccccc1Br. The third kappa shape index (κ3) is 7.02. The molecule has 3 aromatic rings. The van der Waals surface area contributed by atoms with E-state index in [4.69, 9.17) is 21.4 Å². The number of halogens is 3. The molecular weight excluding hydrogens is 581 g/mol. The molecule has 1 fully saturated rings. The van der Waals surface area contributed by atoms with Crippen LogP contribution < -0.4 is 15.4 Å². The molecule has 38 heavy (non-hydrogen) atoms. The van der Waals surface area contributed by atoms with Crippen LogP contribution in [0.3, 0.4) is 0 Å². The molecule has 0 aromatic heterocycles. The minimum absolute atomic E-state index is 0.000310. The number of para-hydroxylation sites is 1. The number of nitrogens with one attached hydrogen (secondary N) is 2. The number of hydrogen-bond donors (Lipinski definition) is 3. The standard InChI is InChI=1S/C27H24BrClFN3O5/c28-21-3-1-2-4-23(21)31-27(37)32-24-10-5-16(11-22(24)29)12-25(34)33-14-18(30)13-19(33)15-38-20-8-6-17(7-9-20)26(35)36/h1-11,18-19H,12-15H2,(H,35,36)(H2,31,32,37)/t18-,19-/m0/s1. The normalized spacial score (nSPS) is 16.7. The number of carboxylic acids is 1. The number of carbonyl (C=O) groups excluding carboxylic acids is 2. The summed E-state index contributed by atoms with van der Waals surface area (Å²) in [7, 11) is 0. The Morgan fingerprint density at radius 3 is 2.45 bits per heavy atom. The second-order valence-electron chi connectivity index (χ2n) is 8.72. The Labute approximate surface area is 231 Å². The Hall–Kier alpha value is -3.63. The predicted molar refractivity (Wildman–Crippen MR) is 146 cm³/mol. The summed E-state index contributed by atoms with van der Waals surface area (Å²) in [6.07, 6.45) is -1.02. The van der Waals surface area contributed by atoms with Crippen LogP contribution in [0.25, 0.3) is 0 Å². The maximum Gasteiger partial charge on any atom is 0.335 e. The highest BCUT2D eigenvalue weighted by Gasteiger charge is 2.35. The van der Waals surface area contributed by atoms with Crippen LogP contribution in [0.1, 0.15) is 22.3 Å². The van der Waals surface area contributed by atoms with Gasteiger partial charge in [0, 0.05) is 10.9 Å². The average molecular weight is 605 g/mol. The van der Waals surface area contributed by atoms with E-state index in [0.29, 0.717) is 22.7 Å². The van der Waals surface area contributed by atoms with Gasteiger partial charge in [0.05, 0.1) is 41.0 Å². The second-order valence-corrected chi connectivity index (χ2v) is 9.98. The lowest BCUT2D eigenvalue weighted by atomic mass is 10.1. The van der Waals surface area contributed by atoms with Gasteiger partial charge in [-0.2, -0.15) is 0 Å². The van der Waals surface area contributed by atoms with Gasteiger partial charge in [-0.15, -0.1) is 0 Å². The third-order valence-corrected chi connectivity index (χ3v) is 6.99. The highest BCUT2D eigenvalue weighted by atomic mass is 79.9. The van der Waals surface area contributed by atoms with Crippen molar-refractivity contribution >= 4 is 56.8 Å². The van der Waals surface area contributed by atoms with E-state index in [1.807, 2.05) is 6.07 Å². The summed E-state index contributed by atoms with van der Waals surface area (Å²) >= 11 is 9.72. The summed E-state index contributed by atoms with van der Waals surface area (Å²) in [6.45, 7) is 0.0439. The molecule has 0 saturated carbocycles. The highest BCUT2D eigenvalue weighted by Crippen LogP contribution is 2.27. The molecule has 1 aliphatic heterocycles. The van der Waals surface area contributed by atoms with Gasteiger partial charge in [0.15, 0.2) is 0 Å². The van der Waals surface area contributed by atoms with Crippen LogP contribution in [0.5, 0.6) is 5.75 Å². The molecule has 2 atom stereocenters. The molecule has 0 unspecified atom stereocenters. The Bertz CT molecular complexity index is 1340. The van der Waals surface area contributed by atoms with E-state index >= 15 is 0 Å². The van der Waals surface area contributed by atoms with Crippen LogP contribution >= 0.6 is 27.5 Å². The Morgan fingerprint density at radius 2 is 1.76 bits per heavy atom. The van der Waals surface area contributed by atoms with Crippen molar-refractivity contribution in [2.24, 2.45) is 0 Å². The number of alkyl halides is 1. The zero-order chi connectivity index (χ0) is 27.2.